The Bertz CT molecular complexity index is 1500. The van der Waals surface area contributed by atoms with E-state index in [2.05, 4.69) is 91.2 Å². The summed E-state index contributed by atoms with van der Waals surface area (Å²) in [6.07, 6.45) is 8.63. The topological polar surface area (TPSA) is 81.4 Å². The van der Waals surface area contributed by atoms with Crippen molar-refractivity contribution in [3.63, 3.8) is 0 Å². The average molecular weight is 475 g/mol. The lowest BCUT2D eigenvalue weighted by atomic mass is 9.98. The molecule has 180 valence electrons. The van der Waals surface area contributed by atoms with Crippen LogP contribution in [0.1, 0.15) is 49.4 Å². The molecule has 0 bridgehead atoms. The second kappa shape index (κ2) is 9.04. The van der Waals surface area contributed by atoms with E-state index >= 15 is 0 Å². The van der Waals surface area contributed by atoms with Crippen LogP contribution in [0, 0.1) is 0 Å². The maximum absolute atomic E-state index is 4.63. The summed E-state index contributed by atoms with van der Waals surface area (Å²) in [7, 11) is 0. The van der Waals surface area contributed by atoms with E-state index in [-0.39, 0.29) is 0 Å². The molecule has 4 heterocycles. The van der Waals surface area contributed by atoms with E-state index in [0.717, 1.165) is 54.5 Å². The highest BCUT2D eigenvalue weighted by atomic mass is 15.0. The molecule has 0 amide bonds. The summed E-state index contributed by atoms with van der Waals surface area (Å²) >= 11 is 0. The van der Waals surface area contributed by atoms with Crippen molar-refractivity contribution >= 4 is 10.8 Å². The molecular weight excluding hydrogens is 444 g/mol. The summed E-state index contributed by atoms with van der Waals surface area (Å²) < 4.78 is 0. The Kier molecular flexibility index (Phi) is 5.41. The van der Waals surface area contributed by atoms with E-state index < -0.39 is 0 Å². The summed E-state index contributed by atoms with van der Waals surface area (Å²) in [6, 6.07) is 22.8. The first-order chi connectivity index (χ1) is 17.8. The zero-order valence-electron chi connectivity index (χ0n) is 20.2. The molecule has 0 spiro atoms. The molecular formula is C30H30N6. The SMILES string of the molecule is c1cc(-c2cnc(C3CCCN3)[nH]2)ccc1-c1ccc2cc(-c3cnc(C4CCCN4)[nH]3)ccc2c1. The van der Waals surface area contributed by atoms with Gasteiger partial charge in [-0.3, -0.25) is 0 Å². The Labute approximate surface area is 210 Å². The fraction of sp³-hybridized carbons (Fsp3) is 0.267. The number of hydrogen-bond donors (Lipinski definition) is 4. The number of aromatic amines is 2. The number of hydrogen-bond acceptors (Lipinski definition) is 4. The van der Waals surface area contributed by atoms with Crippen LogP contribution in [0.3, 0.4) is 0 Å². The van der Waals surface area contributed by atoms with Crippen LogP contribution < -0.4 is 10.6 Å². The Morgan fingerprint density at radius 1 is 0.556 bits per heavy atom. The summed E-state index contributed by atoms with van der Waals surface area (Å²) in [5.74, 6) is 2.09. The van der Waals surface area contributed by atoms with Crippen LogP contribution in [0.15, 0.2) is 73.1 Å². The minimum Gasteiger partial charge on any atom is -0.341 e. The van der Waals surface area contributed by atoms with E-state index in [4.69, 9.17) is 0 Å². The van der Waals surface area contributed by atoms with Gasteiger partial charge in [-0.15, -0.1) is 0 Å². The van der Waals surface area contributed by atoms with Crippen LogP contribution in [0.5, 0.6) is 0 Å². The molecule has 4 N–H and O–H groups in total. The van der Waals surface area contributed by atoms with Crippen LogP contribution >= 0.6 is 0 Å². The van der Waals surface area contributed by atoms with Crippen molar-refractivity contribution < 1.29 is 0 Å². The molecule has 2 saturated heterocycles. The lowest BCUT2D eigenvalue weighted by molar-refractivity contribution is 0.613. The summed E-state index contributed by atoms with van der Waals surface area (Å²) in [5.41, 5.74) is 6.91. The quantitative estimate of drug-likeness (QED) is 0.247. The third-order valence-electron chi connectivity index (χ3n) is 7.65. The van der Waals surface area contributed by atoms with Gasteiger partial charge in [0.1, 0.15) is 11.6 Å². The molecule has 7 rings (SSSR count). The summed E-state index contributed by atoms with van der Waals surface area (Å²) in [5, 5.41) is 9.49. The highest BCUT2D eigenvalue weighted by Gasteiger charge is 2.20. The van der Waals surface area contributed by atoms with Crippen molar-refractivity contribution in [2.24, 2.45) is 0 Å². The minimum absolute atomic E-state index is 0.354. The van der Waals surface area contributed by atoms with Gasteiger partial charge in [0.05, 0.1) is 35.9 Å². The van der Waals surface area contributed by atoms with Crippen LogP contribution in [0.25, 0.3) is 44.4 Å². The Morgan fingerprint density at radius 3 is 1.64 bits per heavy atom. The summed E-state index contributed by atoms with van der Waals surface area (Å²) in [4.78, 5) is 16.3. The van der Waals surface area contributed by atoms with Crippen LogP contribution in [0.2, 0.25) is 0 Å². The van der Waals surface area contributed by atoms with Gasteiger partial charge in [-0.2, -0.15) is 0 Å². The van der Waals surface area contributed by atoms with Gasteiger partial charge in [-0.25, -0.2) is 9.97 Å². The van der Waals surface area contributed by atoms with Crippen molar-refractivity contribution in [2.45, 2.75) is 37.8 Å². The Morgan fingerprint density at radius 2 is 1.06 bits per heavy atom. The van der Waals surface area contributed by atoms with Crippen molar-refractivity contribution in [2.75, 3.05) is 13.1 Å². The molecule has 36 heavy (non-hydrogen) atoms. The number of nitrogens with zero attached hydrogens (tertiary/aromatic N) is 2. The highest BCUT2D eigenvalue weighted by Crippen LogP contribution is 2.31. The second-order valence-electron chi connectivity index (χ2n) is 10.0. The fourth-order valence-electron chi connectivity index (χ4n) is 5.59. The highest BCUT2D eigenvalue weighted by molar-refractivity contribution is 5.90. The van der Waals surface area contributed by atoms with E-state index in [1.54, 1.807) is 0 Å². The Balaban J connectivity index is 1.11. The number of H-pyrrole nitrogens is 2. The number of nitrogens with one attached hydrogen (secondary N) is 4. The number of imidazole rings is 2. The van der Waals surface area contributed by atoms with Crippen molar-refractivity contribution in [1.82, 2.24) is 30.6 Å². The standard InChI is InChI=1S/C30H30N6/c1-3-25(31-13-1)29-33-17-27(35-29)20-7-5-19(6-8-20)21-9-10-23-16-24(12-11-22(23)15-21)28-18-34-30(36-28)26-4-2-14-32-26/h5-12,15-18,25-26,31-32H,1-4,13-14H2,(H,33,35)(H,34,36). The zero-order valence-corrected chi connectivity index (χ0v) is 20.2. The Hall–Kier alpha value is -3.74. The van der Waals surface area contributed by atoms with Crippen LogP contribution in [-0.4, -0.2) is 33.0 Å². The predicted octanol–water partition coefficient (Wildman–Crippen LogP) is 6.14. The maximum atomic E-state index is 4.63. The number of rotatable bonds is 5. The molecule has 2 aliphatic rings. The van der Waals surface area contributed by atoms with Gasteiger partial charge >= 0.3 is 0 Å². The molecule has 2 atom stereocenters. The van der Waals surface area contributed by atoms with E-state index in [1.165, 1.54) is 40.3 Å². The van der Waals surface area contributed by atoms with Crippen LogP contribution in [-0.2, 0) is 0 Å². The fourth-order valence-corrected chi connectivity index (χ4v) is 5.59. The third kappa shape index (κ3) is 4.02. The van der Waals surface area contributed by atoms with E-state index in [0.29, 0.717) is 12.1 Å². The molecule has 5 aromatic rings. The van der Waals surface area contributed by atoms with Gasteiger partial charge in [0.2, 0.25) is 0 Å². The van der Waals surface area contributed by atoms with Gasteiger partial charge in [0.15, 0.2) is 0 Å². The number of benzene rings is 3. The monoisotopic (exact) mass is 474 g/mol. The maximum Gasteiger partial charge on any atom is 0.123 e. The van der Waals surface area contributed by atoms with Gasteiger partial charge in [-0.1, -0.05) is 48.5 Å². The van der Waals surface area contributed by atoms with Crippen molar-refractivity contribution in [3.8, 4) is 33.6 Å². The lowest BCUT2D eigenvalue weighted by Crippen LogP contribution is -2.14. The van der Waals surface area contributed by atoms with Gasteiger partial charge in [0.25, 0.3) is 0 Å². The third-order valence-corrected chi connectivity index (χ3v) is 7.65. The predicted molar refractivity (Wildman–Crippen MR) is 145 cm³/mol. The second-order valence-corrected chi connectivity index (χ2v) is 10.0. The lowest BCUT2D eigenvalue weighted by Gasteiger charge is -2.08. The zero-order chi connectivity index (χ0) is 23.9. The largest absolute Gasteiger partial charge is 0.341 e. The van der Waals surface area contributed by atoms with Gasteiger partial charge in [0, 0.05) is 5.56 Å². The van der Waals surface area contributed by atoms with E-state index in [1.807, 2.05) is 12.4 Å². The normalized spacial score (nSPS) is 19.9. The molecule has 0 aliphatic carbocycles. The molecule has 6 nitrogen and oxygen atoms in total. The molecule has 0 saturated carbocycles. The number of aromatic nitrogens is 4. The van der Waals surface area contributed by atoms with Gasteiger partial charge in [-0.05, 0) is 78.4 Å². The molecule has 2 aliphatic heterocycles. The van der Waals surface area contributed by atoms with Crippen LogP contribution in [0.4, 0.5) is 0 Å². The molecule has 2 aromatic heterocycles. The molecule has 3 aromatic carbocycles. The molecule has 0 radical (unpaired) electrons. The van der Waals surface area contributed by atoms with E-state index in [9.17, 15) is 0 Å². The first-order valence-corrected chi connectivity index (χ1v) is 13.0. The van der Waals surface area contributed by atoms with Crippen molar-refractivity contribution in [3.05, 3.63) is 84.7 Å². The first kappa shape index (κ1) is 21.5. The number of fused-ring (bicyclic) bond motifs is 1. The molecule has 2 unspecified atom stereocenters. The summed E-state index contributed by atoms with van der Waals surface area (Å²) in [6.45, 7) is 2.15. The first-order valence-electron chi connectivity index (χ1n) is 13.0. The smallest absolute Gasteiger partial charge is 0.123 e. The van der Waals surface area contributed by atoms with Crippen molar-refractivity contribution in [1.29, 1.82) is 0 Å². The average Bonchev–Trinajstić information content (AvgIpc) is 3.75. The van der Waals surface area contributed by atoms with Gasteiger partial charge < -0.3 is 20.6 Å². The molecule has 6 heteroatoms. The molecule has 2 fully saturated rings. The minimum atomic E-state index is 0.354.